The highest BCUT2D eigenvalue weighted by molar-refractivity contribution is 5.78. The van der Waals surface area contributed by atoms with Crippen molar-refractivity contribution in [2.75, 3.05) is 13.1 Å². The molecule has 144 valence electrons. The van der Waals surface area contributed by atoms with Crippen molar-refractivity contribution in [1.29, 1.82) is 0 Å². The molecule has 0 spiro atoms. The summed E-state index contributed by atoms with van der Waals surface area (Å²) in [5.74, 6) is 1.06. The number of hydrogen-bond acceptors (Lipinski definition) is 3. The number of aryl methyl sites for hydroxylation is 1. The van der Waals surface area contributed by atoms with E-state index in [2.05, 4.69) is 10.2 Å². The van der Waals surface area contributed by atoms with Crippen molar-refractivity contribution in [1.82, 2.24) is 19.7 Å². The summed E-state index contributed by atoms with van der Waals surface area (Å²) in [5, 5.41) is 6.86. The molecule has 2 heterocycles. The number of likely N-dealkylation sites (tertiary alicyclic amines) is 1. The molecule has 0 aliphatic carbocycles. The fourth-order valence-electron chi connectivity index (χ4n) is 3.79. The van der Waals surface area contributed by atoms with Gasteiger partial charge in [0.15, 0.2) is 0 Å². The van der Waals surface area contributed by atoms with E-state index in [9.17, 15) is 9.59 Å². The lowest BCUT2D eigenvalue weighted by atomic mass is 9.95. The van der Waals surface area contributed by atoms with E-state index in [-0.39, 0.29) is 17.5 Å². The first-order valence-corrected chi connectivity index (χ1v) is 9.68. The summed E-state index contributed by atoms with van der Waals surface area (Å²) < 4.78 is 1.65. The number of carbonyl (C=O) groups is 1. The molecule has 6 heteroatoms. The van der Waals surface area contributed by atoms with Gasteiger partial charge >= 0.3 is 5.69 Å². The predicted octanol–water partition coefficient (Wildman–Crippen LogP) is 2.82. The molecule has 1 N–H and O–H groups in total. The maximum Gasteiger partial charge on any atom is 0.347 e. The molecule has 0 atom stereocenters. The molecular formula is C22H24N4O2. The lowest BCUT2D eigenvalue weighted by Crippen LogP contribution is -2.39. The number of carbonyl (C=O) groups excluding carboxylic acids is 1. The van der Waals surface area contributed by atoms with Crippen LogP contribution < -0.4 is 5.69 Å². The van der Waals surface area contributed by atoms with Gasteiger partial charge in [-0.05, 0) is 37.5 Å². The average Bonchev–Trinajstić information content (AvgIpc) is 3.12. The van der Waals surface area contributed by atoms with Crippen LogP contribution in [-0.4, -0.2) is 38.7 Å². The average molecular weight is 376 g/mol. The molecule has 1 aliphatic rings. The van der Waals surface area contributed by atoms with Crippen molar-refractivity contribution in [3.8, 4) is 5.69 Å². The minimum Gasteiger partial charge on any atom is -0.342 e. The molecule has 2 aromatic carbocycles. The van der Waals surface area contributed by atoms with E-state index in [0.717, 1.165) is 29.9 Å². The SMILES string of the molecule is Cc1ccc(CC(=O)N2CCC(c3n[nH]c(=O)n3-c3ccccc3)CC2)cc1. The minimum atomic E-state index is -0.223. The van der Waals surface area contributed by atoms with Gasteiger partial charge in [0.25, 0.3) is 0 Å². The molecule has 28 heavy (non-hydrogen) atoms. The first-order chi connectivity index (χ1) is 13.6. The lowest BCUT2D eigenvalue weighted by Gasteiger charge is -2.31. The van der Waals surface area contributed by atoms with E-state index in [1.165, 1.54) is 5.56 Å². The zero-order valence-electron chi connectivity index (χ0n) is 16.0. The zero-order chi connectivity index (χ0) is 19.5. The van der Waals surface area contributed by atoms with Crippen LogP contribution in [0.25, 0.3) is 5.69 Å². The third kappa shape index (κ3) is 3.76. The highest BCUT2D eigenvalue weighted by atomic mass is 16.2. The van der Waals surface area contributed by atoms with Gasteiger partial charge in [-0.15, -0.1) is 0 Å². The van der Waals surface area contributed by atoms with E-state index in [1.807, 2.05) is 66.4 Å². The highest BCUT2D eigenvalue weighted by Crippen LogP contribution is 2.27. The number of hydrogen-bond donors (Lipinski definition) is 1. The molecule has 4 rings (SSSR count). The Balaban J connectivity index is 1.43. The van der Waals surface area contributed by atoms with E-state index in [0.29, 0.717) is 19.5 Å². The number of aromatic nitrogens is 3. The fraction of sp³-hybridized carbons (Fsp3) is 0.318. The van der Waals surface area contributed by atoms with Crippen molar-refractivity contribution in [3.05, 3.63) is 82.0 Å². The zero-order valence-corrected chi connectivity index (χ0v) is 16.0. The van der Waals surface area contributed by atoms with Crippen molar-refractivity contribution < 1.29 is 4.79 Å². The van der Waals surface area contributed by atoms with Gasteiger partial charge in [0.05, 0.1) is 12.1 Å². The Morgan fingerprint density at radius 3 is 2.43 bits per heavy atom. The third-order valence-corrected chi connectivity index (χ3v) is 5.40. The van der Waals surface area contributed by atoms with E-state index in [1.54, 1.807) is 4.57 Å². The summed E-state index contributed by atoms with van der Waals surface area (Å²) in [6, 6.07) is 17.7. The lowest BCUT2D eigenvalue weighted by molar-refractivity contribution is -0.131. The van der Waals surface area contributed by atoms with Crippen LogP contribution >= 0.6 is 0 Å². The topological polar surface area (TPSA) is 71.0 Å². The van der Waals surface area contributed by atoms with E-state index in [4.69, 9.17) is 0 Å². The first kappa shape index (κ1) is 18.2. The molecule has 0 bridgehead atoms. The van der Waals surface area contributed by atoms with Gasteiger partial charge in [0.1, 0.15) is 5.82 Å². The quantitative estimate of drug-likeness (QED) is 0.761. The molecule has 3 aromatic rings. The number of piperidine rings is 1. The summed E-state index contributed by atoms with van der Waals surface area (Å²) in [6.07, 6.45) is 2.04. The van der Waals surface area contributed by atoms with Crippen molar-refractivity contribution in [2.24, 2.45) is 0 Å². The second-order valence-electron chi connectivity index (χ2n) is 7.38. The number of nitrogens with one attached hydrogen (secondary N) is 1. The predicted molar refractivity (Wildman–Crippen MR) is 108 cm³/mol. The normalized spacial score (nSPS) is 15.0. The molecule has 1 saturated heterocycles. The Labute approximate surface area is 163 Å². The number of nitrogens with zero attached hydrogens (tertiary/aromatic N) is 3. The monoisotopic (exact) mass is 376 g/mol. The van der Waals surface area contributed by atoms with Crippen molar-refractivity contribution >= 4 is 5.91 Å². The number of benzene rings is 2. The van der Waals surface area contributed by atoms with Crippen LogP contribution in [-0.2, 0) is 11.2 Å². The molecule has 1 aromatic heterocycles. The number of H-pyrrole nitrogens is 1. The van der Waals surface area contributed by atoms with Gasteiger partial charge in [-0.1, -0.05) is 48.0 Å². The van der Waals surface area contributed by atoms with Crippen LogP contribution in [0.3, 0.4) is 0 Å². The van der Waals surface area contributed by atoms with Crippen LogP contribution in [0.15, 0.2) is 59.4 Å². The summed E-state index contributed by atoms with van der Waals surface area (Å²) >= 11 is 0. The highest BCUT2D eigenvalue weighted by Gasteiger charge is 2.28. The smallest absolute Gasteiger partial charge is 0.342 e. The fourth-order valence-corrected chi connectivity index (χ4v) is 3.79. The standard InChI is InChI=1S/C22H24N4O2/c1-16-7-9-17(10-8-16)15-20(27)25-13-11-18(12-14-25)21-23-24-22(28)26(21)19-5-3-2-4-6-19/h2-10,18H,11-15H2,1H3,(H,24,28). The van der Waals surface area contributed by atoms with Gasteiger partial charge in [-0.2, -0.15) is 5.10 Å². The van der Waals surface area contributed by atoms with E-state index < -0.39 is 0 Å². The maximum absolute atomic E-state index is 12.6. The van der Waals surface area contributed by atoms with Gasteiger partial charge in [0, 0.05) is 19.0 Å². The molecule has 6 nitrogen and oxygen atoms in total. The van der Waals surface area contributed by atoms with Crippen LogP contribution in [0, 0.1) is 6.92 Å². The van der Waals surface area contributed by atoms with E-state index >= 15 is 0 Å². The molecule has 0 radical (unpaired) electrons. The Kier molecular flexibility index (Phi) is 5.10. The van der Waals surface area contributed by atoms with Gasteiger partial charge in [-0.3, -0.25) is 4.79 Å². The first-order valence-electron chi connectivity index (χ1n) is 9.68. The molecule has 1 fully saturated rings. The van der Waals surface area contributed by atoms with Crippen LogP contribution in [0.1, 0.15) is 35.7 Å². The number of amides is 1. The Hall–Kier alpha value is -3.15. The van der Waals surface area contributed by atoms with Gasteiger partial charge < -0.3 is 4.90 Å². The minimum absolute atomic E-state index is 0.155. The largest absolute Gasteiger partial charge is 0.347 e. The summed E-state index contributed by atoms with van der Waals surface area (Å²) in [7, 11) is 0. The molecule has 0 saturated carbocycles. The van der Waals surface area contributed by atoms with Crippen molar-refractivity contribution in [2.45, 2.75) is 32.1 Å². The van der Waals surface area contributed by atoms with Crippen LogP contribution in [0.4, 0.5) is 0 Å². The Bertz CT molecular complexity index is 997. The third-order valence-electron chi connectivity index (χ3n) is 5.40. The molecule has 1 amide bonds. The molecular weight excluding hydrogens is 352 g/mol. The molecule has 0 unspecified atom stereocenters. The number of aromatic amines is 1. The Morgan fingerprint density at radius 2 is 1.75 bits per heavy atom. The van der Waals surface area contributed by atoms with Gasteiger partial charge in [-0.25, -0.2) is 14.5 Å². The summed E-state index contributed by atoms with van der Waals surface area (Å²) in [4.78, 5) is 26.8. The number of para-hydroxylation sites is 1. The maximum atomic E-state index is 12.6. The van der Waals surface area contributed by atoms with Crippen molar-refractivity contribution in [3.63, 3.8) is 0 Å². The second-order valence-corrected chi connectivity index (χ2v) is 7.38. The Morgan fingerprint density at radius 1 is 1.07 bits per heavy atom. The summed E-state index contributed by atoms with van der Waals surface area (Å²) in [5.41, 5.74) is 2.83. The number of rotatable bonds is 4. The van der Waals surface area contributed by atoms with Crippen LogP contribution in [0.5, 0.6) is 0 Å². The second kappa shape index (κ2) is 7.84. The summed E-state index contributed by atoms with van der Waals surface area (Å²) in [6.45, 7) is 3.41. The van der Waals surface area contributed by atoms with Gasteiger partial charge in [0.2, 0.25) is 5.91 Å². The van der Waals surface area contributed by atoms with Crippen LogP contribution in [0.2, 0.25) is 0 Å². The molecule has 1 aliphatic heterocycles.